The quantitative estimate of drug-likeness (QED) is 0.226. The van der Waals surface area contributed by atoms with E-state index in [1.807, 2.05) is 0 Å². The Hall–Kier alpha value is -4.62. The number of nitrogens with zero attached hydrogens (tertiary/aromatic N) is 1. The van der Waals surface area contributed by atoms with Crippen molar-refractivity contribution < 1.29 is 0 Å². The molecule has 1 nitrogen and oxygen atoms in total. The number of allylic oxidation sites excluding steroid dienone is 4. The van der Waals surface area contributed by atoms with Crippen molar-refractivity contribution in [3.8, 4) is 16.8 Å². The third kappa shape index (κ3) is 4.11. The molecule has 0 N–H and O–H groups in total. The molecule has 0 amide bonds. The normalized spacial score (nSPS) is 13.5. The summed E-state index contributed by atoms with van der Waals surface area (Å²) in [6.07, 6.45) is 6.92. The van der Waals surface area contributed by atoms with Crippen molar-refractivity contribution in [1.82, 2.24) is 4.57 Å². The fourth-order valence-corrected chi connectivity index (χ4v) is 6.13. The van der Waals surface area contributed by atoms with Crippen molar-refractivity contribution in [2.24, 2.45) is 0 Å². The molecule has 0 radical (unpaired) electrons. The molecular formula is C38H31N. The average molecular weight is 502 g/mol. The summed E-state index contributed by atoms with van der Waals surface area (Å²) in [5.41, 5.74) is 14.3. The van der Waals surface area contributed by atoms with Crippen molar-refractivity contribution >= 4 is 33.0 Å². The zero-order chi connectivity index (χ0) is 26.3. The summed E-state index contributed by atoms with van der Waals surface area (Å²) in [5, 5.41) is 2.60. The molecule has 0 fully saturated rings. The maximum atomic E-state index is 2.41. The second-order valence-electron chi connectivity index (χ2n) is 10.6. The molecule has 0 spiro atoms. The highest BCUT2D eigenvalue weighted by Gasteiger charge is 2.16. The Bertz CT molecular complexity index is 1910. The van der Waals surface area contributed by atoms with Gasteiger partial charge in [-0.25, -0.2) is 0 Å². The van der Waals surface area contributed by atoms with E-state index in [9.17, 15) is 0 Å². The van der Waals surface area contributed by atoms with Gasteiger partial charge in [0.15, 0.2) is 0 Å². The molecular weight excluding hydrogens is 470 g/mol. The van der Waals surface area contributed by atoms with Crippen LogP contribution < -0.4 is 0 Å². The van der Waals surface area contributed by atoms with E-state index in [2.05, 4.69) is 146 Å². The first-order chi connectivity index (χ1) is 19.2. The second kappa shape index (κ2) is 9.60. The smallest absolute Gasteiger partial charge is 0.0541 e. The zero-order valence-electron chi connectivity index (χ0n) is 22.5. The minimum atomic E-state index is 1.05. The number of para-hydroxylation sites is 2. The van der Waals surface area contributed by atoms with Crippen molar-refractivity contribution in [3.63, 3.8) is 0 Å². The third-order valence-electron chi connectivity index (χ3n) is 8.17. The van der Waals surface area contributed by atoms with Gasteiger partial charge < -0.3 is 4.57 Å². The minimum absolute atomic E-state index is 1.05. The molecule has 0 saturated carbocycles. The standard InChI is InChI=1S/C38H31N/c1-26-11-6-7-16-33(26)35-24-30(20-19-27(35)2)28-12-10-13-29(23-28)31-21-22-38-36(25-31)34-17-8-9-18-37(34)39(38)32-14-4-3-5-15-32/h3-9,11-12,14-25H,10,13H2,1-2H3. The fourth-order valence-electron chi connectivity index (χ4n) is 6.13. The number of aryl methyl sites for hydroxylation is 2. The lowest BCUT2D eigenvalue weighted by molar-refractivity contribution is 1.06. The van der Waals surface area contributed by atoms with Gasteiger partial charge in [-0.1, -0.05) is 91.0 Å². The van der Waals surface area contributed by atoms with Crippen molar-refractivity contribution in [2.75, 3.05) is 0 Å². The van der Waals surface area contributed by atoms with Gasteiger partial charge in [-0.05, 0) is 108 Å². The number of benzene rings is 5. The molecule has 6 aromatic rings. The molecule has 0 atom stereocenters. The molecule has 0 unspecified atom stereocenters. The van der Waals surface area contributed by atoms with Gasteiger partial charge in [-0.15, -0.1) is 0 Å². The predicted molar refractivity (Wildman–Crippen MR) is 167 cm³/mol. The average Bonchev–Trinajstić information content (AvgIpc) is 3.32. The van der Waals surface area contributed by atoms with E-state index < -0.39 is 0 Å². The highest BCUT2D eigenvalue weighted by atomic mass is 15.0. The number of rotatable bonds is 4. The third-order valence-corrected chi connectivity index (χ3v) is 8.17. The number of hydrogen-bond acceptors (Lipinski definition) is 0. The van der Waals surface area contributed by atoms with Gasteiger partial charge in [0.1, 0.15) is 0 Å². The molecule has 7 rings (SSSR count). The molecule has 0 aliphatic heterocycles. The van der Waals surface area contributed by atoms with E-state index in [-0.39, 0.29) is 0 Å². The maximum absolute atomic E-state index is 2.41. The van der Waals surface area contributed by atoms with Gasteiger partial charge in [0, 0.05) is 16.5 Å². The van der Waals surface area contributed by atoms with Gasteiger partial charge in [-0.2, -0.15) is 0 Å². The highest BCUT2D eigenvalue weighted by molar-refractivity contribution is 6.10. The summed E-state index contributed by atoms with van der Waals surface area (Å²) in [4.78, 5) is 0. The number of hydrogen-bond donors (Lipinski definition) is 0. The van der Waals surface area contributed by atoms with E-state index in [0.717, 1.165) is 12.8 Å². The monoisotopic (exact) mass is 501 g/mol. The first-order valence-corrected chi connectivity index (χ1v) is 13.8. The highest BCUT2D eigenvalue weighted by Crippen LogP contribution is 2.38. The summed E-state index contributed by atoms with van der Waals surface area (Å²) in [6, 6.07) is 42.1. The van der Waals surface area contributed by atoms with E-state index in [1.165, 1.54) is 72.0 Å². The first-order valence-electron chi connectivity index (χ1n) is 13.8. The van der Waals surface area contributed by atoms with Crippen LogP contribution in [0.15, 0.2) is 127 Å². The Balaban J connectivity index is 1.32. The summed E-state index contributed by atoms with van der Waals surface area (Å²) in [6.45, 7) is 4.41. The van der Waals surface area contributed by atoms with E-state index in [1.54, 1.807) is 0 Å². The first kappa shape index (κ1) is 23.5. The molecule has 0 saturated heterocycles. The van der Waals surface area contributed by atoms with E-state index >= 15 is 0 Å². The summed E-state index contributed by atoms with van der Waals surface area (Å²) >= 11 is 0. The van der Waals surface area contributed by atoms with E-state index in [4.69, 9.17) is 0 Å². The Morgan fingerprint density at radius 2 is 1.28 bits per heavy atom. The maximum Gasteiger partial charge on any atom is 0.0541 e. The Morgan fingerprint density at radius 1 is 0.564 bits per heavy atom. The van der Waals surface area contributed by atoms with E-state index in [0.29, 0.717) is 0 Å². The molecule has 1 heterocycles. The van der Waals surface area contributed by atoms with Crippen LogP contribution in [0.5, 0.6) is 0 Å². The number of aromatic nitrogens is 1. The van der Waals surface area contributed by atoms with Crippen molar-refractivity contribution in [2.45, 2.75) is 26.7 Å². The van der Waals surface area contributed by atoms with Crippen LogP contribution in [0.1, 0.15) is 35.1 Å². The van der Waals surface area contributed by atoms with Gasteiger partial charge in [0.05, 0.1) is 11.0 Å². The van der Waals surface area contributed by atoms with Crippen molar-refractivity contribution in [3.05, 3.63) is 150 Å². The molecule has 1 aliphatic rings. The van der Waals surface area contributed by atoms with Crippen LogP contribution in [0, 0.1) is 13.8 Å². The van der Waals surface area contributed by atoms with Crippen LogP contribution in [-0.4, -0.2) is 4.57 Å². The Kier molecular flexibility index (Phi) is 5.78. The molecule has 5 aromatic carbocycles. The lowest BCUT2D eigenvalue weighted by Crippen LogP contribution is -1.96. The zero-order valence-corrected chi connectivity index (χ0v) is 22.5. The molecule has 0 bridgehead atoms. The summed E-state index contributed by atoms with van der Waals surface area (Å²) in [5.74, 6) is 0. The Morgan fingerprint density at radius 3 is 2.15 bits per heavy atom. The lowest BCUT2D eigenvalue weighted by Gasteiger charge is -2.17. The largest absolute Gasteiger partial charge is 0.309 e. The number of fused-ring (bicyclic) bond motifs is 3. The summed E-state index contributed by atoms with van der Waals surface area (Å²) < 4.78 is 2.38. The van der Waals surface area contributed by atoms with Gasteiger partial charge in [0.25, 0.3) is 0 Å². The molecule has 39 heavy (non-hydrogen) atoms. The van der Waals surface area contributed by atoms with Gasteiger partial charge >= 0.3 is 0 Å². The molecule has 188 valence electrons. The van der Waals surface area contributed by atoms with Crippen LogP contribution in [0.3, 0.4) is 0 Å². The molecule has 1 aliphatic carbocycles. The van der Waals surface area contributed by atoms with Crippen LogP contribution in [0.25, 0.3) is 49.8 Å². The van der Waals surface area contributed by atoms with Crippen LogP contribution in [-0.2, 0) is 0 Å². The van der Waals surface area contributed by atoms with Gasteiger partial charge in [0.2, 0.25) is 0 Å². The minimum Gasteiger partial charge on any atom is -0.309 e. The Labute approximate surface area is 230 Å². The van der Waals surface area contributed by atoms with Crippen LogP contribution in [0.2, 0.25) is 0 Å². The SMILES string of the molecule is Cc1ccccc1-c1cc(C2=CCCC(c3ccc4c(c3)c3ccccc3n4-c3ccccc3)=C2)ccc1C. The fraction of sp³-hybridized carbons (Fsp3) is 0.105. The molecule has 1 aromatic heterocycles. The van der Waals surface area contributed by atoms with Gasteiger partial charge in [-0.3, -0.25) is 0 Å². The van der Waals surface area contributed by atoms with Crippen LogP contribution in [0.4, 0.5) is 0 Å². The second-order valence-corrected chi connectivity index (χ2v) is 10.6. The van der Waals surface area contributed by atoms with Crippen molar-refractivity contribution in [1.29, 1.82) is 0 Å². The van der Waals surface area contributed by atoms with Crippen LogP contribution >= 0.6 is 0 Å². The predicted octanol–water partition coefficient (Wildman–Crippen LogP) is 10.3. The summed E-state index contributed by atoms with van der Waals surface area (Å²) in [7, 11) is 0. The topological polar surface area (TPSA) is 4.93 Å². The lowest BCUT2D eigenvalue weighted by atomic mass is 9.88. The molecule has 1 heteroatoms.